The van der Waals surface area contributed by atoms with Crippen LogP contribution >= 0.6 is 11.6 Å². The van der Waals surface area contributed by atoms with Crippen LogP contribution < -0.4 is 5.32 Å². The molecule has 6 nitrogen and oxygen atoms in total. The highest BCUT2D eigenvalue weighted by atomic mass is 35.5. The van der Waals surface area contributed by atoms with Crippen molar-refractivity contribution in [2.75, 3.05) is 5.32 Å². The molecule has 0 spiro atoms. The van der Waals surface area contributed by atoms with Gasteiger partial charge in [-0.3, -0.25) is 5.10 Å². The second-order valence-corrected chi connectivity index (χ2v) is 5.26. The van der Waals surface area contributed by atoms with E-state index in [2.05, 4.69) is 30.5 Å². The van der Waals surface area contributed by atoms with E-state index in [4.69, 9.17) is 11.6 Å². The molecule has 0 saturated carbocycles. The summed E-state index contributed by atoms with van der Waals surface area (Å²) in [5.74, 6) is 1.58. The minimum absolute atomic E-state index is 0.409. The normalized spacial score (nSPS) is 10.8. The lowest BCUT2D eigenvalue weighted by Crippen LogP contribution is -2.00. The first kappa shape index (κ1) is 13.7. The zero-order chi connectivity index (χ0) is 15.6. The summed E-state index contributed by atoms with van der Waals surface area (Å²) in [6, 6.07) is 15.2. The fourth-order valence-corrected chi connectivity index (χ4v) is 2.51. The van der Waals surface area contributed by atoms with Crippen LogP contribution in [0.4, 0.5) is 11.8 Å². The fourth-order valence-electron chi connectivity index (χ4n) is 2.29. The molecule has 0 atom stereocenters. The summed E-state index contributed by atoms with van der Waals surface area (Å²) in [5.41, 5.74) is 1.70. The molecule has 0 fully saturated rings. The Morgan fingerprint density at radius 3 is 2.70 bits per heavy atom. The Hall–Kier alpha value is -2.99. The summed E-state index contributed by atoms with van der Waals surface area (Å²) in [6.07, 6.45) is 1.45. The van der Waals surface area contributed by atoms with E-state index in [1.807, 2.05) is 42.5 Å². The molecular weight excluding hydrogens is 312 g/mol. The van der Waals surface area contributed by atoms with E-state index < -0.39 is 0 Å². The predicted molar refractivity (Wildman–Crippen MR) is 89.6 cm³/mol. The van der Waals surface area contributed by atoms with Crippen molar-refractivity contribution in [3.63, 3.8) is 0 Å². The van der Waals surface area contributed by atoms with E-state index >= 15 is 0 Å². The minimum atomic E-state index is 0.409. The first-order valence-electron chi connectivity index (χ1n) is 6.95. The van der Waals surface area contributed by atoms with E-state index in [0.717, 1.165) is 16.5 Å². The zero-order valence-electron chi connectivity index (χ0n) is 11.9. The quantitative estimate of drug-likeness (QED) is 0.599. The molecule has 2 aromatic heterocycles. The number of benzene rings is 2. The molecule has 4 aromatic rings. The summed E-state index contributed by atoms with van der Waals surface area (Å²) in [5, 5.41) is 11.9. The topological polar surface area (TPSA) is 79.4 Å². The van der Waals surface area contributed by atoms with E-state index in [1.165, 1.54) is 6.33 Å². The number of anilines is 2. The van der Waals surface area contributed by atoms with Crippen molar-refractivity contribution < 1.29 is 0 Å². The summed E-state index contributed by atoms with van der Waals surface area (Å²) in [4.78, 5) is 12.7. The van der Waals surface area contributed by atoms with E-state index in [0.29, 0.717) is 22.6 Å². The van der Waals surface area contributed by atoms with Crippen LogP contribution in [0.25, 0.3) is 22.3 Å². The Bertz CT molecular complexity index is 981. The lowest BCUT2D eigenvalue weighted by atomic mass is 10.2. The first-order chi connectivity index (χ1) is 11.3. The average Bonchev–Trinajstić information content (AvgIpc) is 2.99. The molecule has 0 aliphatic carbocycles. The van der Waals surface area contributed by atoms with Gasteiger partial charge in [0.15, 0.2) is 11.6 Å². The number of nitrogens with zero attached hydrogens (tertiary/aromatic N) is 4. The highest BCUT2D eigenvalue weighted by molar-refractivity contribution is 6.33. The summed E-state index contributed by atoms with van der Waals surface area (Å²) in [6.45, 7) is 0. The van der Waals surface area contributed by atoms with Crippen LogP contribution in [0, 0.1) is 0 Å². The number of hydrogen-bond donors (Lipinski definition) is 2. The Kier molecular flexibility index (Phi) is 3.36. The molecular formula is C16H11ClN6. The van der Waals surface area contributed by atoms with Gasteiger partial charge in [0.25, 0.3) is 0 Å². The predicted octanol–water partition coefficient (Wildman–Crippen LogP) is 3.81. The van der Waals surface area contributed by atoms with Crippen LogP contribution in [0.5, 0.6) is 0 Å². The van der Waals surface area contributed by atoms with Crippen LogP contribution in [0.3, 0.4) is 0 Å². The summed E-state index contributed by atoms with van der Waals surface area (Å²) >= 11 is 6.19. The largest absolute Gasteiger partial charge is 0.307 e. The Labute approximate surface area is 136 Å². The lowest BCUT2D eigenvalue weighted by molar-refractivity contribution is 1.05. The fraction of sp³-hybridized carbons (Fsp3) is 0. The number of nitrogens with one attached hydrogen (secondary N) is 2. The van der Waals surface area contributed by atoms with Gasteiger partial charge in [0.05, 0.1) is 10.5 Å². The van der Waals surface area contributed by atoms with Crippen LogP contribution in [-0.4, -0.2) is 25.1 Å². The third-order valence-corrected chi connectivity index (χ3v) is 3.72. The maximum absolute atomic E-state index is 6.19. The zero-order valence-corrected chi connectivity index (χ0v) is 12.6. The smallest absolute Gasteiger partial charge is 0.231 e. The lowest BCUT2D eigenvalue weighted by Gasteiger charge is -2.05. The van der Waals surface area contributed by atoms with Crippen molar-refractivity contribution in [3.05, 3.63) is 59.9 Å². The highest BCUT2D eigenvalue weighted by Crippen LogP contribution is 2.26. The van der Waals surface area contributed by atoms with Gasteiger partial charge < -0.3 is 5.32 Å². The van der Waals surface area contributed by atoms with Crippen molar-refractivity contribution in [3.8, 4) is 11.4 Å². The van der Waals surface area contributed by atoms with Gasteiger partial charge in [-0.15, -0.1) is 0 Å². The van der Waals surface area contributed by atoms with Gasteiger partial charge in [-0.2, -0.15) is 10.1 Å². The van der Waals surface area contributed by atoms with Crippen molar-refractivity contribution in [1.29, 1.82) is 0 Å². The molecule has 23 heavy (non-hydrogen) atoms. The maximum atomic E-state index is 6.19. The van der Waals surface area contributed by atoms with E-state index in [9.17, 15) is 0 Å². The molecule has 2 aromatic carbocycles. The van der Waals surface area contributed by atoms with Gasteiger partial charge in [0.1, 0.15) is 6.33 Å². The molecule has 0 saturated heterocycles. The van der Waals surface area contributed by atoms with Crippen LogP contribution in [0.2, 0.25) is 5.02 Å². The van der Waals surface area contributed by atoms with E-state index in [1.54, 1.807) is 6.07 Å². The Morgan fingerprint density at radius 2 is 1.78 bits per heavy atom. The molecule has 0 bridgehead atoms. The number of fused-ring (bicyclic) bond motifs is 1. The van der Waals surface area contributed by atoms with Gasteiger partial charge in [0.2, 0.25) is 5.95 Å². The first-order valence-corrected chi connectivity index (χ1v) is 7.33. The van der Waals surface area contributed by atoms with Gasteiger partial charge >= 0.3 is 0 Å². The molecule has 0 aliphatic heterocycles. The molecule has 0 radical (unpaired) electrons. The molecule has 0 aliphatic rings. The van der Waals surface area contributed by atoms with Gasteiger partial charge in [-0.05, 0) is 24.3 Å². The summed E-state index contributed by atoms with van der Waals surface area (Å²) in [7, 11) is 0. The molecule has 112 valence electrons. The molecule has 0 unspecified atom stereocenters. The SMILES string of the molecule is Clc1ccccc1-c1ncnc(Nc2n[nH]c3ccccc23)n1. The van der Waals surface area contributed by atoms with Crippen molar-refractivity contribution in [2.45, 2.75) is 0 Å². The number of hydrogen-bond acceptors (Lipinski definition) is 5. The third-order valence-electron chi connectivity index (χ3n) is 3.39. The maximum Gasteiger partial charge on any atom is 0.231 e. The number of H-pyrrole nitrogens is 1. The number of para-hydroxylation sites is 1. The molecule has 2 heterocycles. The van der Waals surface area contributed by atoms with Gasteiger partial charge in [-0.1, -0.05) is 35.9 Å². The van der Waals surface area contributed by atoms with Crippen molar-refractivity contribution >= 4 is 34.3 Å². The van der Waals surface area contributed by atoms with Gasteiger partial charge in [0, 0.05) is 10.9 Å². The second-order valence-electron chi connectivity index (χ2n) is 4.86. The highest BCUT2D eigenvalue weighted by Gasteiger charge is 2.10. The van der Waals surface area contributed by atoms with Crippen LogP contribution in [0.15, 0.2) is 54.9 Å². The molecule has 7 heteroatoms. The standard InChI is InChI=1S/C16H11ClN6/c17-12-7-3-1-5-10(12)14-18-9-19-16(20-14)21-15-11-6-2-4-8-13(11)22-23-15/h1-9H,(H2,18,19,20,21,22,23). The van der Waals surface area contributed by atoms with E-state index in [-0.39, 0.29) is 0 Å². The Balaban J connectivity index is 1.71. The number of rotatable bonds is 3. The monoisotopic (exact) mass is 322 g/mol. The van der Waals surface area contributed by atoms with Crippen LogP contribution in [-0.2, 0) is 0 Å². The Morgan fingerprint density at radius 1 is 0.957 bits per heavy atom. The number of halogens is 1. The second kappa shape index (κ2) is 5.66. The summed E-state index contributed by atoms with van der Waals surface area (Å²) < 4.78 is 0. The molecule has 4 rings (SSSR count). The van der Waals surface area contributed by atoms with Gasteiger partial charge in [-0.25, -0.2) is 9.97 Å². The third kappa shape index (κ3) is 2.60. The number of aromatic amines is 1. The molecule has 0 amide bonds. The van der Waals surface area contributed by atoms with Crippen molar-refractivity contribution in [1.82, 2.24) is 25.1 Å². The minimum Gasteiger partial charge on any atom is -0.307 e. The van der Waals surface area contributed by atoms with Crippen LogP contribution in [0.1, 0.15) is 0 Å². The molecule has 2 N–H and O–H groups in total. The van der Waals surface area contributed by atoms with Crippen molar-refractivity contribution in [2.24, 2.45) is 0 Å². The average molecular weight is 323 g/mol. The number of aromatic nitrogens is 5.